The van der Waals surface area contributed by atoms with E-state index in [0.717, 1.165) is 4.88 Å². The summed E-state index contributed by atoms with van der Waals surface area (Å²) < 4.78 is 0.704. The molecule has 5 nitrogen and oxygen atoms in total. The summed E-state index contributed by atoms with van der Waals surface area (Å²) in [6.07, 6.45) is 0. The third-order valence-corrected chi connectivity index (χ3v) is 3.58. The Balaban J connectivity index is 2.04. The number of aromatic amines is 1. The highest BCUT2D eigenvalue weighted by molar-refractivity contribution is 7.16. The van der Waals surface area contributed by atoms with E-state index in [1.807, 2.05) is 13.0 Å². The van der Waals surface area contributed by atoms with Crippen LogP contribution in [-0.2, 0) is 0 Å². The van der Waals surface area contributed by atoms with Crippen molar-refractivity contribution in [3.8, 4) is 0 Å². The minimum absolute atomic E-state index is 0.112. The average Bonchev–Trinajstić information content (AvgIpc) is 2.87. The number of halogens is 1. The first-order chi connectivity index (χ1) is 8.06. The molecule has 2 N–H and O–H groups in total. The molecule has 2 aromatic heterocycles. The van der Waals surface area contributed by atoms with Crippen LogP contribution in [0.1, 0.15) is 34.3 Å². The Morgan fingerprint density at radius 3 is 2.88 bits per heavy atom. The minimum atomic E-state index is -0.300. The zero-order valence-electron chi connectivity index (χ0n) is 9.32. The molecule has 1 atom stereocenters. The molecule has 0 spiro atoms. The first kappa shape index (κ1) is 12.1. The van der Waals surface area contributed by atoms with Crippen LogP contribution < -0.4 is 5.32 Å². The first-order valence-corrected chi connectivity index (χ1v) is 6.21. The Morgan fingerprint density at radius 2 is 2.35 bits per heavy atom. The summed E-state index contributed by atoms with van der Waals surface area (Å²) >= 11 is 7.28. The molecular formula is C10H11ClN4OS. The van der Waals surface area contributed by atoms with Gasteiger partial charge in [-0.1, -0.05) is 11.6 Å². The van der Waals surface area contributed by atoms with E-state index in [0.29, 0.717) is 10.2 Å². The van der Waals surface area contributed by atoms with Crippen molar-refractivity contribution in [2.45, 2.75) is 19.9 Å². The Hall–Kier alpha value is -1.40. The number of carbonyl (C=O) groups is 1. The van der Waals surface area contributed by atoms with Crippen LogP contribution in [0.5, 0.6) is 0 Å². The number of amides is 1. The molecule has 2 rings (SSSR count). The molecule has 17 heavy (non-hydrogen) atoms. The highest BCUT2D eigenvalue weighted by Gasteiger charge is 2.16. The largest absolute Gasteiger partial charge is 0.342 e. The second kappa shape index (κ2) is 4.85. The summed E-state index contributed by atoms with van der Waals surface area (Å²) in [4.78, 5) is 16.7. The lowest BCUT2D eigenvalue weighted by Crippen LogP contribution is -2.27. The lowest BCUT2D eigenvalue weighted by Gasteiger charge is -2.09. The summed E-state index contributed by atoms with van der Waals surface area (Å²) in [5, 5.41) is 9.23. The van der Waals surface area contributed by atoms with Crippen LogP contribution in [0.2, 0.25) is 4.34 Å². The van der Waals surface area contributed by atoms with Crippen molar-refractivity contribution in [2.75, 3.05) is 0 Å². The molecule has 0 radical (unpaired) electrons. The van der Waals surface area contributed by atoms with Gasteiger partial charge in [-0.05, 0) is 26.0 Å². The van der Waals surface area contributed by atoms with Crippen LogP contribution in [0.4, 0.5) is 0 Å². The molecule has 0 aliphatic carbocycles. The van der Waals surface area contributed by atoms with E-state index >= 15 is 0 Å². The summed E-state index contributed by atoms with van der Waals surface area (Å²) in [5.41, 5.74) is 0. The quantitative estimate of drug-likeness (QED) is 0.899. The summed E-state index contributed by atoms with van der Waals surface area (Å²) in [6.45, 7) is 3.63. The molecule has 7 heteroatoms. The van der Waals surface area contributed by atoms with Crippen LogP contribution in [-0.4, -0.2) is 21.1 Å². The number of H-pyrrole nitrogens is 1. The maximum Gasteiger partial charge on any atom is 0.291 e. The molecule has 2 heterocycles. The molecule has 1 amide bonds. The Morgan fingerprint density at radius 1 is 1.59 bits per heavy atom. The van der Waals surface area contributed by atoms with E-state index in [1.165, 1.54) is 11.3 Å². The lowest BCUT2D eigenvalue weighted by atomic mass is 10.3. The monoisotopic (exact) mass is 270 g/mol. The molecule has 1 unspecified atom stereocenters. The fraction of sp³-hybridized carbons (Fsp3) is 0.300. The molecule has 0 saturated heterocycles. The van der Waals surface area contributed by atoms with Crippen molar-refractivity contribution in [1.29, 1.82) is 0 Å². The maximum absolute atomic E-state index is 11.8. The van der Waals surface area contributed by atoms with E-state index in [-0.39, 0.29) is 17.8 Å². The number of hydrogen-bond donors (Lipinski definition) is 2. The minimum Gasteiger partial charge on any atom is -0.342 e. The Labute approximate surface area is 107 Å². The lowest BCUT2D eigenvalue weighted by molar-refractivity contribution is 0.0930. The average molecular weight is 271 g/mol. The van der Waals surface area contributed by atoms with Crippen molar-refractivity contribution in [3.05, 3.63) is 33.0 Å². The predicted octanol–water partition coefficient (Wildman–Crippen LogP) is 2.32. The van der Waals surface area contributed by atoms with Crippen LogP contribution >= 0.6 is 22.9 Å². The number of carbonyl (C=O) groups excluding carboxylic acids is 1. The van der Waals surface area contributed by atoms with Gasteiger partial charge in [0.2, 0.25) is 5.82 Å². The molecule has 0 bridgehead atoms. The standard InChI is InChI=1S/C10H11ClN4OS/c1-5(7-3-4-8(11)17-7)12-10(16)9-13-6(2)14-15-9/h3-5H,1-2H3,(H,12,16)(H,13,14,15). The number of rotatable bonds is 3. The van der Waals surface area contributed by atoms with Gasteiger partial charge in [0.15, 0.2) is 0 Å². The first-order valence-electron chi connectivity index (χ1n) is 5.01. The number of hydrogen-bond acceptors (Lipinski definition) is 4. The molecule has 0 saturated carbocycles. The van der Waals surface area contributed by atoms with E-state index in [2.05, 4.69) is 20.5 Å². The fourth-order valence-corrected chi connectivity index (χ4v) is 2.40. The number of aryl methyl sites for hydroxylation is 1. The van der Waals surface area contributed by atoms with Gasteiger partial charge in [0.25, 0.3) is 5.91 Å². The number of nitrogens with one attached hydrogen (secondary N) is 2. The normalized spacial score (nSPS) is 12.4. The van der Waals surface area contributed by atoms with Crippen LogP contribution in [0.15, 0.2) is 12.1 Å². The fourth-order valence-electron chi connectivity index (χ4n) is 1.34. The SMILES string of the molecule is Cc1nc(C(=O)NC(C)c2ccc(Cl)s2)n[nH]1. The van der Waals surface area contributed by atoms with Crippen molar-refractivity contribution >= 4 is 28.8 Å². The van der Waals surface area contributed by atoms with Crippen LogP contribution in [0.3, 0.4) is 0 Å². The maximum atomic E-state index is 11.8. The summed E-state index contributed by atoms with van der Waals surface area (Å²) in [5.74, 6) is 0.463. The molecule has 0 fully saturated rings. The van der Waals surface area contributed by atoms with E-state index in [1.54, 1.807) is 13.0 Å². The van der Waals surface area contributed by atoms with Crippen molar-refractivity contribution in [3.63, 3.8) is 0 Å². The van der Waals surface area contributed by atoms with E-state index in [4.69, 9.17) is 11.6 Å². The van der Waals surface area contributed by atoms with Gasteiger partial charge in [-0.15, -0.1) is 16.4 Å². The molecule has 0 aliphatic heterocycles. The van der Waals surface area contributed by atoms with E-state index < -0.39 is 0 Å². The summed E-state index contributed by atoms with van der Waals surface area (Å²) in [7, 11) is 0. The number of thiophene rings is 1. The van der Waals surface area contributed by atoms with Crippen LogP contribution in [0.25, 0.3) is 0 Å². The van der Waals surface area contributed by atoms with Gasteiger partial charge < -0.3 is 5.32 Å². The highest BCUT2D eigenvalue weighted by Crippen LogP contribution is 2.26. The summed E-state index contributed by atoms with van der Waals surface area (Å²) in [6, 6.07) is 3.58. The molecule has 0 aromatic carbocycles. The van der Waals surface area contributed by atoms with Crippen molar-refractivity contribution in [2.24, 2.45) is 0 Å². The zero-order chi connectivity index (χ0) is 12.4. The Bertz CT molecular complexity index is 536. The topological polar surface area (TPSA) is 70.7 Å². The third kappa shape index (κ3) is 2.83. The van der Waals surface area contributed by atoms with Gasteiger partial charge in [-0.25, -0.2) is 4.98 Å². The predicted molar refractivity (Wildman–Crippen MR) is 66.3 cm³/mol. The second-order valence-electron chi connectivity index (χ2n) is 3.58. The molecular weight excluding hydrogens is 260 g/mol. The smallest absolute Gasteiger partial charge is 0.291 e. The Kier molecular flexibility index (Phi) is 3.44. The van der Waals surface area contributed by atoms with Gasteiger partial charge in [-0.2, -0.15) is 0 Å². The van der Waals surface area contributed by atoms with Gasteiger partial charge >= 0.3 is 0 Å². The second-order valence-corrected chi connectivity index (χ2v) is 5.33. The van der Waals surface area contributed by atoms with Crippen molar-refractivity contribution < 1.29 is 4.79 Å². The van der Waals surface area contributed by atoms with Gasteiger partial charge in [0.1, 0.15) is 5.82 Å². The van der Waals surface area contributed by atoms with Gasteiger partial charge in [0, 0.05) is 4.88 Å². The third-order valence-electron chi connectivity index (χ3n) is 2.17. The molecule has 0 aliphatic rings. The van der Waals surface area contributed by atoms with E-state index in [9.17, 15) is 4.79 Å². The highest BCUT2D eigenvalue weighted by atomic mass is 35.5. The number of aromatic nitrogens is 3. The zero-order valence-corrected chi connectivity index (χ0v) is 10.9. The molecule has 90 valence electrons. The molecule has 2 aromatic rings. The van der Waals surface area contributed by atoms with Crippen LogP contribution in [0, 0.1) is 6.92 Å². The van der Waals surface area contributed by atoms with Gasteiger partial charge in [-0.3, -0.25) is 9.89 Å². The van der Waals surface area contributed by atoms with Gasteiger partial charge in [0.05, 0.1) is 10.4 Å². The van der Waals surface area contributed by atoms with Crippen molar-refractivity contribution in [1.82, 2.24) is 20.5 Å². The number of nitrogens with zero attached hydrogens (tertiary/aromatic N) is 2.